The van der Waals surface area contributed by atoms with E-state index in [2.05, 4.69) is 16.7 Å². The van der Waals surface area contributed by atoms with Gasteiger partial charge < -0.3 is 9.30 Å². The molecule has 0 N–H and O–H groups in total. The predicted molar refractivity (Wildman–Crippen MR) is 61.9 cm³/mol. The van der Waals surface area contributed by atoms with Crippen LogP contribution in [-0.2, 0) is 16.1 Å². The topological polar surface area (TPSA) is 31.2 Å². The molecule has 0 atom stereocenters. The van der Waals surface area contributed by atoms with E-state index >= 15 is 0 Å². The fraction of sp³-hybridized carbons (Fsp3) is 0.154. The zero-order chi connectivity index (χ0) is 11.1. The highest BCUT2D eigenvalue weighted by Crippen LogP contribution is 2.27. The molecule has 1 aromatic heterocycles. The third-order valence-electron chi connectivity index (χ3n) is 2.94. The average Bonchev–Trinajstić information content (AvgIpc) is 2.73. The lowest BCUT2D eigenvalue weighted by Crippen LogP contribution is -2.14. The second-order valence-electron chi connectivity index (χ2n) is 3.89. The quantitative estimate of drug-likeness (QED) is 0.680. The maximum absolute atomic E-state index is 11.5. The van der Waals surface area contributed by atoms with Crippen LogP contribution in [-0.4, -0.2) is 17.6 Å². The molecule has 1 aliphatic rings. The van der Waals surface area contributed by atoms with Crippen molar-refractivity contribution >= 4 is 22.9 Å². The molecule has 3 rings (SSSR count). The van der Waals surface area contributed by atoms with Gasteiger partial charge in [-0.15, -0.1) is 0 Å². The Bertz CT molecular complexity index is 607. The van der Waals surface area contributed by atoms with Gasteiger partial charge in [0.15, 0.2) is 0 Å². The molecule has 0 aliphatic carbocycles. The Hall–Kier alpha value is -2.03. The van der Waals surface area contributed by atoms with Gasteiger partial charge in [-0.25, -0.2) is 4.79 Å². The van der Waals surface area contributed by atoms with E-state index in [-0.39, 0.29) is 5.97 Å². The number of rotatable bonds is 1. The van der Waals surface area contributed by atoms with Gasteiger partial charge in [-0.2, -0.15) is 0 Å². The number of methoxy groups -OCH3 is 1. The molecule has 1 aromatic carbocycles. The van der Waals surface area contributed by atoms with Crippen LogP contribution < -0.4 is 0 Å². The summed E-state index contributed by atoms with van der Waals surface area (Å²) in [5.41, 5.74) is 2.96. The van der Waals surface area contributed by atoms with Crippen molar-refractivity contribution < 1.29 is 9.53 Å². The smallest absolute Gasteiger partial charge is 0.335 e. The second-order valence-corrected chi connectivity index (χ2v) is 3.89. The number of hydrogen-bond donors (Lipinski definition) is 0. The number of ether oxygens (including phenoxy) is 1. The van der Waals surface area contributed by atoms with Crippen LogP contribution in [0.15, 0.2) is 36.0 Å². The van der Waals surface area contributed by atoms with Gasteiger partial charge in [0.05, 0.1) is 24.7 Å². The van der Waals surface area contributed by atoms with Gasteiger partial charge in [0, 0.05) is 11.6 Å². The first-order valence-corrected chi connectivity index (χ1v) is 5.16. The number of benzene rings is 1. The van der Waals surface area contributed by atoms with Crippen LogP contribution in [0.2, 0.25) is 0 Å². The molecular weight excluding hydrogens is 202 g/mol. The Balaban J connectivity index is 2.22. The monoisotopic (exact) mass is 213 g/mol. The summed E-state index contributed by atoms with van der Waals surface area (Å²) < 4.78 is 6.84. The number of esters is 1. The lowest BCUT2D eigenvalue weighted by molar-refractivity contribution is -0.136. The van der Waals surface area contributed by atoms with Gasteiger partial charge in [0.1, 0.15) is 0 Å². The zero-order valence-electron chi connectivity index (χ0n) is 8.93. The van der Waals surface area contributed by atoms with Crippen molar-refractivity contribution in [3.05, 3.63) is 41.6 Å². The van der Waals surface area contributed by atoms with Crippen molar-refractivity contribution in [3.63, 3.8) is 0 Å². The van der Waals surface area contributed by atoms with Crippen molar-refractivity contribution in [2.75, 3.05) is 7.11 Å². The van der Waals surface area contributed by atoms with Crippen LogP contribution >= 0.6 is 0 Å². The molecule has 0 amide bonds. The summed E-state index contributed by atoms with van der Waals surface area (Å²) in [4.78, 5) is 11.5. The molecule has 3 heteroatoms. The summed E-state index contributed by atoms with van der Waals surface area (Å²) >= 11 is 0. The van der Waals surface area contributed by atoms with Gasteiger partial charge in [-0.05, 0) is 17.7 Å². The molecule has 0 unspecified atom stereocenters. The molecule has 1 aliphatic heterocycles. The van der Waals surface area contributed by atoms with Crippen LogP contribution in [0.5, 0.6) is 0 Å². The number of aromatic nitrogens is 1. The highest BCUT2D eigenvalue weighted by Gasteiger charge is 2.17. The van der Waals surface area contributed by atoms with Gasteiger partial charge in [0.25, 0.3) is 0 Å². The van der Waals surface area contributed by atoms with Gasteiger partial charge in [-0.1, -0.05) is 18.2 Å². The first-order valence-electron chi connectivity index (χ1n) is 5.16. The van der Waals surface area contributed by atoms with E-state index in [1.807, 2.05) is 24.4 Å². The molecule has 2 heterocycles. The van der Waals surface area contributed by atoms with Crippen LogP contribution in [0.25, 0.3) is 17.0 Å². The Morgan fingerprint density at radius 3 is 3.06 bits per heavy atom. The lowest BCUT2D eigenvalue weighted by Gasteiger charge is -2.15. The first-order chi connectivity index (χ1) is 7.79. The number of nitrogens with zero attached hydrogens (tertiary/aromatic N) is 1. The largest absolute Gasteiger partial charge is 0.466 e. The number of hydrogen-bond acceptors (Lipinski definition) is 2. The van der Waals surface area contributed by atoms with E-state index in [1.165, 1.54) is 18.0 Å². The Kier molecular flexibility index (Phi) is 1.86. The molecule has 0 saturated carbocycles. The van der Waals surface area contributed by atoms with Gasteiger partial charge >= 0.3 is 5.97 Å². The van der Waals surface area contributed by atoms with Crippen molar-refractivity contribution in [1.82, 2.24) is 4.57 Å². The molecule has 0 spiro atoms. The number of carbonyl (C=O) groups excluding carboxylic acids is 1. The second kappa shape index (κ2) is 3.23. The van der Waals surface area contributed by atoms with Gasteiger partial charge in [-0.3, -0.25) is 0 Å². The Morgan fingerprint density at radius 1 is 1.38 bits per heavy atom. The molecule has 80 valence electrons. The van der Waals surface area contributed by atoms with E-state index in [1.54, 1.807) is 0 Å². The standard InChI is InChI=1S/C13H11NO2/c1-16-13(15)11-7-10-4-2-3-9-5-6-14(8-11)12(9)10/h2-7H,8H2,1H3. The fourth-order valence-electron chi connectivity index (χ4n) is 2.21. The average molecular weight is 213 g/mol. The molecule has 0 radical (unpaired) electrons. The Labute approximate surface area is 92.9 Å². The number of carbonyl (C=O) groups is 1. The SMILES string of the molecule is COC(=O)C1=Cc2cccc3ccn(c23)C1. The minimum atomic E-state index is -0.253. The third kappa shape index (κ3) is 1.18. The highest BCUT2D eigenvalue weighted by molar-refractivity contribution is 5.99. The molecule has 0 bridgehead atoms. The minimum Gasteiger partial charge on any atom is -0.466 e. The summed E-state index contributed by atoms with van der Waals surface area (Å²) in [7, 11) is 1.41. The number of para-hydroxylation sites is 1. The minimum absolute atomic E-state index is 0.253. The fourth-order valence-corrected chi connectivity index (χ4v) is 2.21. The maximum Gasteiger partial charge on any atom is 0.335 e. The predicted octanol–water partition coefficient (Wildman–Crippen LogP) is 2.21. The van der Waals surface area contributed by atoms with Crippen LogP contribution in [0, 0.1) is 0 Å². The zero-order valence-corrected chi connectivity index (χ0v) is 8.93. The normalized spacial score (nSPS) is 13.7. The summed E-state index contributed by atoms with van der Waals surface area (Å²) in [6, 6.07) is 8.15. The summed E-state index contributed by atoms with van der Waals surface area (Å²) in [6.45, 7) is 0.590. The first kappa shape index (κ1) is 9.21. The lowest BCUT2D eigenvalue weighted by atomic mass is 10.0. The summed E-state index contributed by atoms with van der Waals surface area (Å²) in [6.07, 6.45) is 3.91. The third-order valence-corrected chi connectivity index (χ3v) is 2.94. The molecule has 0 saturated heterocycles. The molecule has 16 heavy (non-hydrogen) atoms. The van der Waals surface area contributed by atoms with Crippen LogP contribution in [0.1, 0.15) is 5.56 Å². The van der Waals surface area contributed by atoms with Crippen LogP contribution in [0.4, 0.5) is 0 Å². The van der Waals surface area contributed by atoms with E-state index in [4.69, 9.17) is 4.74 Å². The molecular formula is C13H11NO2. The Morgan fingerprint density at radius 2 is 2.25 bits per heavy atom. The van der Waals surface area contributed by atoms with Gasteiger partial charge in [0.2, 0.25) is 0 Å². The molecule has 0 fully saturated rings. The molecule has 3 nitrogen and oxygen atoms in total. The highest BCUT2D eigenvalue weighted by atomic mass is 16.5. The van der Waals surface area contributed by atoms with E-state index < -0.39 is 0 Å². The van der Waals surface area contributed by atoms with E-state index in [0.29, 0.717) is 12.1 Å². The molecule has 2 aromatic rings. The van der Waals surface area contributed by atoms with E-state index in [0.717, 1.165) is 5.56 Å². The maximum atomic E-state index is 11.5. The van der Waals surface area contributed by atoms with Crippen molar-refractivity contribution in [2.24, 2.45) is 0 Å². The van der Waals surface area contributed by atoms with Crippen LogP contribution in [0.3, 0.4) is 0 Å². The van der Waals surface area contributed by atoms with Crippen molar-refractivity contribution in [1.29, 1.82) is 0 Å². The summed E-state index contributed by atoms with van der Waals surface area (Å²) in [5, 5.41) is 1.21. The van der Waals surface area contributed by atoms with Crippen molar-refractivity contribution in [2.45, 2.75) is 6.54 Å². The van der Waals surface area contributed by atoms with E-state index in [9.17, 15) is 4.79 Å². The summed E-state index contributed by atoms with van der Waals surface area (Å²) in [5.74, 6) is -0.253. The van der Waals surface area contributed by atoms with Crippen molar-refractivity contribution in [3.8, 4) is 0 Å².